The van der Waals surface area contributed by atoms with Crippen molar-refractivity contribution in [3.05, 3.63) is 29.8 Å². The molecule has 0 bridgehead atoms. The molecule has 0 spiro atoms. The van der Waals surface area contributed by atoms with E-state index in [9.17, 15) is 13.2 Å². The molecule has 29 heavy (non-hydrogen) atoms. The average Bonchev–Trinajstić information content (AvgIpc) is 2.78. The Labute approximate surface area is 174 Å². The van der Waals surface area contributed by atoms with E-state index in [4.69, 9.17) is 4.74 Å². The van der Waals surface area contributed by atoms with Crippen molar-refractivity contribution in [1.82, 2.24) is 9.21 Å². The Morgan fingerprint density at radius 1 is 0.966 bits per heavy atom. The number of morpholine rings is 1. The quantitative estimate of drug-likeness (QED) is 0.735. The van der Waals surface area contributed by atoms with E-state index in [2.05, 4.69) is 4.90 Å². The average molecular weight is 421 g/mol. The summed E-state index contributed by atoms with van der Waals surface area (Å²) in [4.78, 5) is 15.3. The van der Waals surface area contributed by atoms with Gasteiger partial charge >= 0.3 is 0 Å². The molecule has 2 heterocycles. The molecule has 7 heteroatoms. The van der Waals surface area contributed by atoms with Crippen LogP contribution in [0.3, 0.4) is 0 Å². The molecule has 0 radical (unpaired) electrons. The van der Waals surface area contributed by atoms with Crippen LogP contribution in [0.25, 0.3) is 0 Å². The van der Waals surface area contributed by atoms with Crippen LogP contribution in [0.15, 0.2) is 29.2 Å². The van der Waals surface area contributed by atoms with E-state index in [1.54, 1.807) is 12.1 Å². The maximum absolute atomic E-state index is 12.9. The molecule has 1 aromatic carbocycles. The second-order valence-electron chi connectivity index (χ2n) is 8.50. The maximum atomic E-state index is 12.9. The number of nitrogens with zero attached hydrogens (tertiary/aromatic N) is 2. The lowest BCUT2D eigenvalue weighted by atomic mass is 9.78. The molecule has 2 aliphatic heterocycles. The van der Waals surface area contributed by atoms with Crippen molar-refractivity contribution in [2.75, 3.05) is 32.8 Å². The van der Waals surface area contributed by atoms with Crippen LogP contribution in [-0.2, 0) is 26.0 Å². The fraction of sp³-hybridized carbons (Fsp3) is 0.682. The third-order valence-corrected chi connectivity index (χ3v) is 8.64. The van der Waals surface area contributed by atoms with Gasteiger partial charge in [-0.3, -0.25) is 4.79 Å². The number of hydrogen-bond donors (Lipinski definition) is 0. The maximum Gasteiger partial charge on any atom is 0.243 e. The summed E-state index contributed by atoms with van der Waals surface area (Å²) in [5.41, 5.74) is 1.01. The lowest BCUT2D eigenvalue weighted by molar-refractivity contribution is -0.137. The van der Waals surface area contributed by atoms with E-state index >= 15 is 0 Å². The van der Waals surface area contributed by atoms with Gasteiger partial charge in [-0.25, -0.2) is 8.42 Å². The topological polar surface area (TPSA) is 66.9 Å². The minimum absolute atomic E-state index is 0.256. The minimum atomic E-state index is -3.46. The molecule has 2 atom stereocenters. The first-order valence-corrected chi connectivity index (χ1v) is 12.5. The Morgan fingerprint density at radius 3 is 2.41 bits per heavy atom. The minimum Gasteiger partial charge on any atom is -0.379 e. The van der Waals surface area contributed by atoms with Gasteiger partial charge in [0.1, 0.15) is 0 Å². The second-order valence-corrected chi connectivity index (χ2v) is 10.4. The molecule has 1 aromatic rings. The van der Waals surface area contributed by atoms with Crippen molar-refractivity contribution in [1.29, 1.82) is 0 Å². The zero-order valence-electron chi connectivity index (χ0n) is 17.1. The fourth-order valence-electron chi connectivity index (χ4n) is 5.09. The van der Waals surface area contributed by atoms with Crippen LogP contribution in [0.4, 0.5) is 0 Å². The van der Waals surface area contributed by atoms with Crippen molar-refractivity contribution in [2.24, 2.45) is 5.92 Å². The molecular weight excluding hydrogens is 388 g/mol. The van der Waals surface area contributed by atoms with Crippen molar-refractivity contribution < 1.29 is 17.9 Å². The summed E-state index contributed by atoms with van der Waals surface area (Å²) in [6, 6.07) is 7.48. The molecule has 3 aliphatic rings. The number of amides is 1. The van der Waals surface area contributed by atoms with Crippen molar-refractivity contribution >= 4 is 15.9 Å². The summed E-state index contributed by atoms with van der Waals surface area (Å²) in [5, 5.41) is 0. The molecule has 160 valence electrons. The van der Waals surface area contributed by atoms with Gasteiger partial charge in [0, 0.05) is 32.1 Å². The first-order valence-electron chi connectivity index (χ1n) is 11.0. The van der Waals surface area contributed by atoms with E-state index in [0.29, 0.717) is 56.0 Å². The van der Waals surface area contributed by atoms with E-state index in [1.165, 1.54) is 30.0 Å². The van der Waals surface area contributed by atoms with E-state index < -0.39 is 10.0 Å². The number of piperidine rings is 1. The molecule has 1 aliphatic carbocycles. The molecule has 6 nitrogen and oxygen atoms in total. The highest BCUT2D eigenvalue weighted by atomic mass is 32.2. The summed E-state index contributed by atoms with van der Waals surface area (Å²) in [6.07, 6.45) is 8.53. The predicted molar refractivity (Wildman–Crippen MR) is 111 cm³/mol. The SMILES string of the molecule is O=C(CCc1ccc(S(=O)(=O)N2CCOCC2)cc1)N1CCC[C@@H]2CCCC[C@@H]21. The van der Waals surface area contributed by atoms with Crippen LogP contribution in [0, 0.1) is 5.92 Å². The largest absolute Gasteiger partial charge is 0.379 e. The highest BCUT2D eigenvalue weighted by molar-refractivity contribution is 7.89. The van der Waals surface area contributed by atoms with Crippen LogP contribution in [0.5, 0.6) is 0 Å². The summed E-state index contributed by atoms with van der Waals surface area (Å²) >= 11 is 0. The van der Waals surface area contributed by atoms with Crippen LogP contribution in [0.1, 0.15) is 50.5 Å². The number of hydrogen-bond acceptors (Lipinski definition) is 4. The first kappa shape index (κ1) is 20.8. The van der Waals surface area contributed by atoms with Crippen LogP contribution in [0.2, 0.25) is 0 Å². The van der Waals surface area contributed by atoms with Gasteiger partial charge in [-0.2, -0.15) is 4.31 Å². The van der Waals surface area contributed by atoms with Gasteiger partial charge in [-0.15, -0.1) is 0 Å². The Hall–Kier alpha value is -1.44. The van der Waals surface area contributed by atoms with E-state index in [-0.39, 0.29) is 5.91 Å². The number of rotatable bonds is 5. The molecular formula is C22H32N2O4S. The Bertz CT molecular complexity index is 801. The lowest BCUT2D eigenvalue weighted by Gasteiger charge is -2.44. The second kappa shape index (κ2) is 9.14. The number of ether oxygens (including phenoxy) is 1. The number of aryl methyl sites for hydroxylation is 1. The fourth-order valence-corrected chi connectivity index (χ4v) is 6.50. The van der Waals surface area contributed by atoms with Gasteiger partial charge in [0.2, 0.25) is 15.9 Å². The molecule has 1 saturated carbocycles. The summed E-state index contributed by atoms with van der Waals surface area (Å²) in [6.45, 7) is 2.58. The highest BCUT2D eigenvalue weighted by Crippen LogP contribution is 2.35. The standard InChI is InChI=1S/C22H32N2O4S/c25-22(24-13-3-5-19-4-1-2-6-21(19)24)12-9-18-7-10-20(11-8-18)29(26,27)23-14-16-28-17-15-23/h7-8,10-11,19,21H,1-6,9,12-17H2/t19-,21-/m0/s1. The number of likely N-dealkylation sites (tertiary alicyclic amines) is 1. The number of benzene rings is 1. The number of sulfonamides is 1. The summed E-state index contributed by atoms with van der Waals surface area (Å²) in [7, 11) is -3.46. The van der Waals surface area contributed by atoms with Gasteiger partial charge in [-0.05, 0) is 55.7 Å². The predicted octanol–water partition coefficient (Wildman–Crippen LogP) is 2.82. The van der Waals surface area contributed by atoms with Crippen molar-refractivity contribution in [3.8, 4) is 0 Å². The first-order chi connectivity index (χ1) is 14.1. The Morgan fingerprint density at radius 2 is 1.66 bits per heavy atom. The number of carbonyl (C=O) groups excluding carboxylic acids is 1. The van der Waals surface area contributed by atoms with E-state index in [0.717, 1.165) is 24.9 Å². The Kier molecular flexibility index (Phi) is 6.56. The molecule has 4 rings (SSSR count). The van der Waals surface area contributed by atoms with Gasteiger partial charge in [0.15, 0.2) is 0 Å². The normalized spacial score (nSPS) is 26.1. The molecule has 0 unspecified atom stereocenters. The molecule has 3 fully saturated rings. The zero-order chi connectivity index (χ0) is 20.3. The zero-order valence-corrected chi connectivity index (χ0v) is 17.9. The molecule has 0 N–H and O–H groups in total. The molecule has 0 aromatic heterocycles. The summed E-state index contributed by atoms with van der Waals surface area (Å²) < 4.78 is 32.2. The monoisotopic (exact) mass is 420 g/mol. The lowest BCUT2D eigenvalue weighted by Crippen LogP contribution is -2.49. The van der Waals surface area contributed by atoms with Crippen LogP contribution >= 0.6 is 0 Å². The molecule has 2 saturated heterocycles. The van der Waals surface area contributed by atoms with Gasteiger partial charge in [-0.1, -0.05) is 25.0 Å². The van der Waals surface area contributed by atoms with Crippen LogP contribution < -0.4 is 0 Å². The van der Waals surface area contributed by atoms with Crippen LogP contribution in [-0.4, -0.2) is 62.4 Å². The van der Waals surface area contributed by atoms with Gasteiger partial charge in [0.25, 0.3) is 0 Å². The van der Waals surface area contributed by atoms with Crippen molar-refractivity contribution in [2.45, 2.75) is 62.3 Å². The van der Waals surface area contributed by atoms with Gasteiger partial charge < -0.3 is 9.64 Å². The smallest absolute Gasteiger partial charge is 0.243 e. The summed E-state index contributed by atoms with van der Waals surface area (Å²) in [5.74, 6) is 0.956. The third-order valence-electron chi connectivity index (χ3n) is 6.72. The third kappa shape index (κ3) is 4.67. The van der Waals surface area contributed by atoms with E-state index in [1.807, 2.05) is 12.1 Å². The van der Waals surface area contributed by atoms with Gasteiger partial charge in [0.05, 0.1) is 18.1 Å². The molecule has 1 amide bonds. The number of fused-ring (bicyclic) bond motifs is 1. The highest BCUT2D eigenvalue weighted by Gasteiger charge is 2.35. The number of carbonyl (C=O) groups is 1. The Balaban J connectivity index is 1.34. The van der Waals surface area contributed by atoms with Crippen molar-refractivity contribution in [3.63, 3.8) is 0 Å².